The van der Waals surface area contributed by atoms with Crippen molar-refractivity contribution in [2.75, 3.05) is 33.0 Å². The predicted molar refractivity (Wildman–Crippen MR) is 180 cm³/mol. The van der Waals surface area contributed by atoms with Crippen molar-refractivity contribution in [1.29, 1.82) is 0 Å². The van der Waals surface area contributed by atoms with Crippen LogP contribution in [0, 0.1) is 0 Å². The van der Waals surface area contributed by atoms with Crippen LogP contribution in [0.3, 0.4) is 0 Å². The van der Waals surface area contributed by atoms with Crippen molar-refractivity contribution in [1.82, 2.24) is 0 Å². The molecule has 0 aliphatic carbocycles. The normalized spacial score (nSPS) is 57.4. The molecule has 5 heterocycles. The van der Waals surface area contributed by atoms with E-state index in [1.54, 1.807) is 0 Å². The van der Waals surface area contributed by atoms with Gasteiger partial charge in [-0.15, -0.1) is 0 Å². The molecule has 0 radical (unpaired) electrons. The highest BCUT2D eigenvalue weighted by molar-refractivity contribution is 5.90. The summed E-state index contributed by atoms with van der Waals surface area (Å²) in [6.07, 6.45) is -23.8. The second-order valence-electron chi connectivity index (χ2n) is 16.4. The molecule has 29 heteroatoms. The molecule has 5 saturated heterocycles. The van der Waals surface area contributed by atoms with Crippen LogP contribution in [-0.2, 0) is 42.9 Å². The van der Waals surface area contributed by atoms with Crippen LogP contribution < -0.4 is 0 Å². The summed E-state index contributed by atoms with van der Waals surface area (Å²) in [5, 5.41) is 239. The second-order valence-corrected chi connectivity index (χ2v) is 16.4. The van der Waals surface area contributed by atoms with Gasteiger partial charge in [-0.1, -0.05) is 0 Å². The van der Waals surface area contributed by atoms with Gasteiger partial charge in [0.05, 0.1) is 33.0 Å². The first-order valence-electron chi connectivity index (χ1n) is 18.3. The second kappa shape index (κ2) is 14.6. The molecule has 0 amide bonds. The van der Waals surface area contributed by atoms with Crippen LogP contribution >= 0.6 is 0 Å². The highest BCUT2D eigenvalue weighted by Gasteiger charge is 3.01. The Kier molecular flexibility index (Phi) is 11.9. The molecule has 5 rings (SSSR count). The van der Waals surface area contributed by atoms with Gasteiger partial charge in [0.15, 0.2) is 34.3 Å². The van der Waals surface area contributed by atoms with Gasteiger partial charge in [-0.2, -0.15) is 0 Å². The predicted octanol–water partition coefficient (Wildman–Crippen LogP) is -14.1. The van der Waals surface area contributed by atoms with E-state index in [-0.39, 0.29) is 27.7 Å². The Bertz CT molecular complexity index is 1740. The Morgan fingerprint density at radius 3 is 0.903 bits per heavy atom. The number of Topliss-reactive ketones (excluding diaryl/α,β-unsaturated/α-hetero) is 4. The Balaban J connectivity index is 2.18. The smallest absolute Gasteiger partial charge is 0.264 e. The van der Waals surface area contributed by atoms with Gasteiger partial charge in [0.1, 0.15) is 48.8 Å². The zero-order chi connectivity index (χ0) is 48.0. The first-order chi connectivity index (χ1) is 27.9. The van der Waals surface area contributed by atoms with Gasteiger partial charge in [0, 0.05) is 0 Å². The van der Waals surface area contributed by atoms with E-state index in [0.29, 0.717) is 0 Å². The molecule has 356 valence electrons. The molecule has 5 fully saturated rings. The van der Waals surface area contributed by atoms with Gasteiger partial charge in [0.2, 0.25) is 45.4 Å². The van der Waals surface area contributed by atoms with Crippen molar-refractivity contribution in [3.63, 3.8) is 0 Å². The molecule has 62 heavy (non-hydrogen) atoms. The molecule has 5 aliphatic rings. The Labute approximate surface area is 345 Å². The Morgan fingerprint density at radius 2 is 0.597 bits per heavy atom. The fourth-order valence-corrected chi connectivity index (χ4v) is 9.53. The minimum atomic E-state index is -6.14. The highest BCUT2D eigenvalue weighted by atomic mass is 16.8. The molecular weight excluding hydrogens is 860 g/mol. The molecule has 0 unspecified atom stereocenters. The van der Waals surface area contributed by atoms with Crippen LogP contribution in [0.2, 0.25) is 0 Å². The van der Waals surface area contributed by atoms with Gasteiger partial charge in [0.25, 0.3) is 11.6 Å². The van der Waals surface area contributed by atoms with Gasteiger partial charge in [-0.3, -0.25) is 19.2 Å². The van der Waals surface area contributed by atoms with Crippen molar-refractivity contribution >= 4 is 23.1 Å². The van der Waals surface area contributed by atoms with Crippen LogP contribution in [0.1, 0.15) is 27.7 Å². The zero-order valence-electron chi connectivity index (χ0n) is 32.8. The van der Waals surface area contributed by atoms with Crippen molar-refractivity contribution in [3.8, 4) is 0 Å². The fraction of sp³-hybridized carbons (Fsp3) is 0.879. The number of carbonyl (C=O) groups is 4. The van der Waals surface area contributed by atoms with Crippen molar-refractivity contribution in [3.05, 3.63) is 0 Å². The number of ether oxygens (including phenoxy) is 5. The summed E-state index contributed by atoms with van der Waals surface area (Å²) >= 11 is 0. The lowest BCUT2D eigenvalue weighted by atomic mass is 9.46. The molecule has 0 saturated carbocycles. The lowest BCUT2D eigenvalue weighted by molar-refractivity contribution is -0.606. The minimum absolute atomic E-state index is 0.145. The number of ketones is 4. The standard InChI is InChI=1S/C33H50O29/c1-10(34)23(47)18(42)14(38)5-58-29(23,53)22(46)9-62-33(57,32(56)26(50,13(4)37)21(45)17(41)8-61-32)28(52,31(55)25(49,12(3)36)20(44)16(40)7-60-31)27(22,51)30(54)24(48,11(2)35)19(43)15(39)6-59-30/h14-21,38-57H,5-9H2,1-4H3/t14-,15-,16-,17-,18+,19+,20+,21+,22-,23+,24+,25+,26+,27-,28-,29-,30+,31+,32+,33-/m1/s1. The summed E-state index contributed by atoms with van der Waals surface area (Å²) in [5.74, 6) is -35.3. The van der Waals surface area contributed by atoms with Crippen LogP contribution in [0.4, 0.5) is 0 Å². The fourth-order valence-electron chi connectivity index (χ4n) is 9.53. The maximum absolute atomic E-state index is 13.7. The molecular formula is C33H50O29. The molecule has 29 nitrogen and oxygen atoms in total. The monoisotopic (exact) mass is 910 g/mol. The molecule has 0 bridgehead atoms. The molecule has 20 atom stereocenters. The third kappa shape index (κ3) is 5.04. The van der Waals surface area contributed by atoms with Gasteiger partial charge >= 0.3 is 0 Å². The maximum atomic E-state index is 13.7. The number of aliphatic hydroxyl groups excluding tert-OH is 8. The van der Waals surface area contributed by atoms with Crippen LogP contribution in [0.5, 0.6) is 0 Å². The SMILES string of the molecule is CC(=O)[C@]1(O)[C@@H](O)[C@H](O)CO[C@]1(O)[C@@]1(O)CO[C@@](O)([C@@]2(O)OC[C@@H](O)[C@H](O)[C@@]2(O)C(C)=O)[C@](O)([C@@]2(O)OC[C@@H](O)[C@H](O)[C@@]2(O)C(C)=O)[C@@]1(O)[C@@]1(O)OC[C@@H](O)[C@H](O)[C@@]1(O)C(C)=O. The quantitative estimate of drug-likeness (QED) is 0.107. The van der Waals surface area contributed by atoms with Crippen molar-refractivity contribution in [2.45, 2.75) is 145 Å². The Morgan fingerprint density at radius 1 is 0.355 bits per heavy atom. The topological polar surface area (TPSA) is 519 Å². The third-order valence-corrected chi connectivity index (χ3v) is 13.3. The Hall–Kier alpha value is -2.32. The molecule has 20 N–H and O–H groups in total. The maximum Gasteiger partial charge on any atom is 0.264 e. The van der Waals surface area contributed by atoms with Gasteiger partial charge in [-0.25, -0.2) is 0 Å². The average molecular weight is 911 g/mol. The summed E-state index contributed by atoms with van der Waals surface area (Å²) in [5.41, 5.74) is -36.2. The largest absolute Gasteiger partial charge is 0.388 e. The summed E-state index contributed by atoms with van der Waals surface area (Å²) in [6, 6.07) is 0. The van der Waals surface area contributed by atoms with E-state index < -0.39 is 173 Å². The van der Waals surface area contributed by atoms with Gasteiger partial charge in [-0.05, 0) is 27.7 Å². The van der Waals surface area contributed by atoms with E-state index in [1.807, 2.05) is 0 Å². The van der Waals surface area contributed by atoms with E-state index in [2.05, 4.69) is 0 Å². The highest BCUT2D eigenvalue weighted by Crippen LogP contribution is 2.68. The summed E-state index contributed by atoms with van der Waals surface area (Å²) in [6.45, 7) is -9.12. The number of aliphatic hydroxyl groups is 20. The lowest BCUT2D eigenvalue weighted by Gasteiger charge is -2.75. The minimum Gasteiger partial charge on any atom is -0.388 e. The molecule has 0 spiro atoms. The van der Waals surface area contributed by atoms with E-state index >= 15 is 0 Å². The lowest BCUT2D eigenvalue weighted by Crippen LogP contribution is -3.06. The molecule has 0 aromatic rings. The van der Waals surface area contributed by atoms with Crippen molar-refractivity contribution < 1.29 is 145 Å². The van der Waals surface area contributed by atoms with E-state index in [4.69, 9.17) is 23.7 Å². The number of hydrogen-bond acceptors (Lipinski definition) is 29. The number of hydrogen-bond donors (Lipinski definition) is 20. The van der Waals surface area contributed by atoms with E-state index in [9.17, 15) is 121 Å². The van der Waals surface area contributed by atoms with E-state index in [0.717, 1.165) is 0 Å². The van der Waals surface area contributed by atoms with E-state index in [1.165, 1.54) is 0 Å². The first-order valence-corrected chi connectivity index (χ1v) is 18.3. The van der Waals surface area contributed by atoms with Crippen LogP contribution in [0.25, 0.3) is 0 Å². The summed E-state index contributed by atoms with van der Waals surface area (Å²) in [7, 11) is 0. The average Bonchev–Trinajstić information content (AvgIpc) is 3.20. The van der Waals surface area contributed by atoms with Crippen molar-refractivity contribution in [2.24, 2.45) is 0 Å². The molecule has 0 aromatic carbocycles. The number of carbonyl (C=O) groups excluding carboxylic acids is 4. The van der Waals surface area contributed by atoms with Crippen LogP contribution in [0.15, 0.2) is 0 Å². The number of rotatable bonds is 8. The van der Waals surface area contributed by atoms with Gasteiger partial charge < -0.3 is 126 Å². The summed E-state index contributed by atoms with van der Waals surface area (Å²) in [4.78, 5) is 53.8. The first kappa shape index (κ1) is 50.7. The molecule has 5 aliphatic heterocycles. The van der Waals surface area contributed by atoms with Crippen LogP contribution in [-0.4, -0.2) is 275 Å². The summed E-state index contributed by atoms with van der Waals surface area (Å²) < 4.78 is 25.2. The molecule has 0 aromatic heterocycles. The third-order valence-electron chi connectivity index (χ3n) is 13.3. The zero-order valence-corrected chi connectivity index (χ0v) is 32.8.